The normalized spacial score (nSPS) is 15.3. The lowest BCUT2D eigenvalue weighted by Gasteiger charge is -2.26. The summed E-state index contributed by atoms with van der Waals surface area (Å²) in [7, 11) is 0. The van der Waals surface area contributed by atoms with Crippen molar-refractivity contribution in [1.82, 2.24) is 100 Å². The maximum absolute atomic E-state index is 13.9. The number of hydrogen-bond acceptors (Lipinski definition) is 24. The molecule has 47 nitrogen and oxygen atoms in total. The lowest BCUT2D eigenvalue weighted by Crippen LogP contribution is -2.60. The number of amides is 18. The molecular weight excluding hydrogens is 1510 g/mol. The number of aromatic nitrogens is 2. The number of nitrogens with zero attached hydrogens (tertiary/aromatic N) is 1. The van der Waals surface area contributed by atoms with Gasteiger partial charge in [-0.15, -0.1) is 0 Å². The Morgan fingerprint density at radius 2 is 0.518 bits per heavy atom. The van der Waals surface area contributed by atoms with Crippen LogP contribution >= 0.6 is 0 Å². The first kappa shape index (κ1) is 99.5. The number of aliphatic carboxylic acids is 4. The molecule has 47 heteroatoms. The van der Waals surface area contributed by atoms with Gasteiger partial charge in [-0.2, -0.15) is 0 Å². The van der Waals surface area contributed by atoms with Gasteiger partial charge in [0.25, 0.3) is 0 Å². The molecular formula is C67H107N21O26. The van der Waals surface area contributed by atoms with Crippen molar-refractivity contribution in [3.8, 4) is 0 Å². The third kappa shape index (κ3) is 38.0. The van der Waals surface area contributed by atoms with Crippen LogP contribution in [0.3, 0.4) is 0 Å². The molecule has 1 aromatic heterocycles. The summed E-state index contributed by atoms with van der Waals surface area (Å²) >= 11 is 0. The molecule has 0 radical (unpaired) electrons. The summed E-state index contributed by atoms with van der Waals surface area (Å²) in [6.45, 7) is 14.5. The number of hydrogen-bond donors (Lipinski definition) is 24. The first-order chi connectivity index (χ1) is 53.1. The number of nitrogens with one attached hydrogen (secondary N) is 18. The van der Waals surface area contributed by atoms with E-state index in [0.29, 0.717) is 12.1 Å². The number of imidazole rings is 1. The van der Waals surface area contributed by atoms with Gasteiger partial charge in [-0.05, 0) is 128 Å². The van der Waals surface area contributed by atoms with Gasteiger partial charge in [0.05, 0.1) is 12.0 Å². The number of rotatable bonds is 52. The number of carboxylic acid groups (broad SMARTS) is 4. The van der Waals surface area contributed by atoms with E-state index in [-0.39, 0.29) is 25.8 Å². The van der Waals surface area contributed by atoms with Crippen LogP contribution in [0.4, 0.5) is 0 Å². The Bertz CT molecular complexity index is 3640. The molecule has 0 fully saturated rings. The summed E-state index contributed by atoms with van der Waals surface area (Å²) in [6.07, 6.45) is -2.22. The van der Waals surface area contributed by atoms with Crippen LogP contribution in [-0.4, -0.2) is 270 Å². The second-order valence-electron chi connectivity index (χ2n) is 26.8. The summed E-state index contributed by atoms with van der Waals surface area (Å²) in [5.41, 5.74) is 11.3. The first-order valence-electron chi connectivity index (χ1n) is 36.1. The molecule has 0 aliphatic rings. The standard InChI is InChI=1S/C67H107N21O26/c1-28(51(69)98)73-67(114)46(25-40-26-70-27-71-40)88-61(108)38(11)79-54(101)32(5)76-57(104)35(8)82-64(111)44(18-22-49(94)95)87-66(113)45(19-23-50(96)97)85-60(107)37(10)78-53(100)31(4)75-56(103)34(7)81-63(110)43(17-21-48(92)93)86-65(112)41(15-13-14-24-68)83-59(106)36(9)77-52(99)30(3)74-55(102)33(6)80-62(109)42(16-20-47(90)91)84-58(105)29(2)72-39(12)89/h26-38,41-46H,13-25,68H2,1-12H3,(H2,69,98)(H,70,71)(H,72,89)(H,73,114)(H,74,102)(H,75,103)(H,76,104)(H,77,99)(H,78,100)(H,79,101)(H,80,109)(H,81,110)(H,82,111)(H,83,106)(H,84,105)(H,85,107)(H,86,112)(H,87,113)(H,88,108)(H,90,91)(H,92,93)(H,94,95)(H,96,97)/t28-,29-,30-,31-,32-,33-,34-,35-,36-,37-,38-,41-,42-,43-,44-,45-,46-/m0/s1. The van der Waals surface area contributed by atoms with E-state index < -0.39 is 284 Å². The SMILES string of the molecule is CC(=O)N[C@@H](C)C(=O)N[C@@H](CCC(=O)O)C(=O)N[C@@H](C)C(=O)N[C@@H](C)C(=O)N[C@@H](C)C(=O)N[C@@H](CCCCN)C(=O)N[C@@H](CCC(=O)O)C(=O)N[C@@H](C)C(=O)N[C@@H](C)C(=O)N[C@@H](C)C(=O)N[C@@H](CCC(=O)O)C(=O)N[C@@H](CCC(=O)O)C(=O)N[C@@H](C)C(=O)N[C@@H](C)C(=O)N[C@@H](C)C(=O)N[C@@H](Cc1c[nH]cn1)C(=O)N[C@@H](C)C(N)=O. The molecule has 1 rings (SSSR count). The molecule has 0 unspecified atom stereocenters. The summed E-state index contributed by atoms with van der Waals surface area (Å²) in [4.78, 5) is 290. The number of nitrogens with two attached hydrogens (primary N) is 2. The fraction of sp³-hybridized carbons (Fsp3) is 0.627. The highest BCUT2D eigenvalue weighted by atomic mass is 16.4. The highest BCUT2D eigenvalue weighted by molar-refractivity contribution is 6.01. The van der Waals surface area contributed by atoms with E-state index in [1.54, 1.807) is 0 Å². The summed E-state index contributed by atoms with van der Waals surface area (Å²) in [5.74, 6) is -23.4. The van der Waals surface area contributed by atoms with Crippen molar-refractivity contribution in [3.63, 3.8) is 0 Å². The zero-order valence-corrected chi connectivity index (χ0v) is 65.0. The Labute approximate surface area is 653 Å². The van der Waals surface area contributed by atoms with Crippen molar-refractivity contribution < 1.29 is 126 Å². The highest BCUT2D eigenvalue weighted by Crippen LogP contribution is 2.10. The molecule has 26 N–H and O–H groups in total. The topological polar surface area (TPSA) is 742 Å². The molecule has 0 bridgehead atoms. The molecule has 0 spiro atoms. The van der Waals surface area contributed by atoms with E-state index in [1.165, 1.54) is 61.0 Å². The Kier molecular flexibility index (Phi) is 43.4. The second kappa shape index (κ2) is 49.7. The lowest BCUT2D eigenvalue weighted by molar-refractivity contribution is -0.140. The van der Waals surface area contributed by atoms with E-state index in [1.807, 2.05) is 0 Å². The molecule has 0 saturated carbocycles. The number of aromatic amines is 1. The number of carboxylic acids is 4. The van der Waals surface area contributed by atoms with Crippen LogP contribution in [0.5, 0.6) is 0 Å². The number of carbonyl (C=O) groups is 22. The van der Waals surface area contributed by atoms with Crippen LogP contribution in [0.25, 0.3) is 0 Å². The fourth-order valence-electron chi connectivity index (χ4n) is 9.78. The summed E-state index contributed by atoms with van der Waals surface area (Å²) in [5, 5.41) is 77.2. The minimum atomic E-state index is -1.82. The van der Waals surface area contributed by atoms with Gasteiger partial charge in [0.15, 0.2) is 0 Å². The molecule has 0 aliphatic carbocycles. The number of H-pyrrole nitrogens is 1. The summed E-state index contributed by atoms with van der Waals surface area (Å²) in [6, 6.07) is -25.1. The van der Waals surface area contributed by atoms with Gasteiger partial charge in [0.2, 0.25) is 106 Å². The number of unbranched alkanes of at least 4 members (excludes halogenated alkanes) is 1. The van der Waals surface area contributed by atoms with E-state index in [0.717, 1.165) is 34.6 Å². The van der Waals surface area contributed by atoms with Gasteiger partial charge in [0, 0.05) is 45.2 Å². The Balaban J connectivity index is 3.13. The van der Waals surface area contributed by atoms with Crippen LogP contribution < -0.4 is 102 Å². The van der Waals surface area contributed by atoms with Crippen molar-refractivity contribution in [1.29, 1.82) is 0 Å². The van der Waals surface area contributed by atoms with Crippen LogP contribution in [0.1, 0.15) is 159 Å². The zero-order valence-electron chi connectivity index (χ0n) is 65.0. The van der Waals surface area contributed by atoms with Gasteiger partial charge in [-0.3, -0.25) is 105 Å². The van der Waals surface area contributed by atoms with Gasteiger partial charge in [0.1, 0.15) is 103 Å². The number of carbonyl (C=O) groups excluding carboxylic acids is 18. The monoisotopic (exact) mass is 1620 g/mol. The molecule has 0 saturated heterocycles. The van der Waals surface area contributed by atoms with Crippen LogP contribution in [0.15, 0.2) is 12.5 Å². The third-order valence-corrected chi connectivity index (χ3v) is 16.7. The fourth-order valence-corrected chi connectivity index (χ4v) is 9.78. The van der Waals surface area contributed by atoms with Crippen molar-refractivity contribution in [3.05, 3.63) is 18.2 Å². The van der Waals surface area contributed by atoms with Crippen molar-refractivity contribution in [2.24, 2.45) is 11.5 Å². The predicted molar refractivity (Wildman–Crippen MR) is 393 cm³/mol. The van der Waals surface area contributed by atoms with E-state index in [2.05, 4.69) is 100 Å². The van der Waals surface area contributed by atoms with Gasteiger partial charge >= 0.3 is 23.9 Å². The second-order valence-corrected chi connectivity index (χ2v) is 26.8. The minimum Gasteiger partial charge on any atom is -0.481 e. The van der Waals surface area contributed by atoms with Crippen molar-refractivity contribution in [2.45, 2.75) is 263 Å². The van der Waals surface area contributed by atoms with Gasteiger partial charge < -0.3 is 127 Å². The number of primary amides is 1. The molecule has 0 aliphatic heterocycles. The molecule has 114 heavy (non-hydrogen) atoms. The van der Waals surface area contributed by atoms with Gasteiger partial charge in [-0.1, -0.05) is 0 Å². The molecule has 17 atom stereocenters. The van der Waals surface area contributed by atoms with Crippen LogP contribution in [0, 0.1) is 0 Å². The predicted octanol–water partition coefficient (Wildman–Crippen LogP) is -9.49. The van der Waals surface area contributed by atoms with E-state index in [9.17, 15) is 126 Å². The molecule has 1 heterocycles. The van der Waals surface area contributed by atoms with E-state index >= 15 is 0 Å². The maximum atomic E-state index is 13.9. The lowest BCUT2D eigenvalue weighted by atomic mass is 10.1. The summed E-state index contributed by atoms with van der Waals surface area (Å²) < 4.78 is 0. The van der Waals surface area contributed by atoms with Gasteiger partial charge in [-0.25, -0.2) is 4.98 Å². The zero-order chi connectivity index (χ0) is 87.1. The Morgan fingerprint density at radius 1 is 0.307 bits per heavy atom. The largest absolute Gasteiger partial charge is 0.481 e. The van der Waals surface area contributed by atoms with Crippen molar-refractivity contribution in [2.75, 3.05) is 6.54 Å². The minimum absolute atomic E-state index is 0.132. The third-order valence-electron chi connectivity index (χ3n) is 16.7. The van der Waals surface area contributed by atoms with Crippen LogP contribution in [-0.2, 0) is 112 Å². The maximum Gasteiger partial charge on any atom is 0.303 e. The Hall–Kier alpha value is -12.5. The molecule has 1 aromatic rings. The average Bonchev–Trinajstić information content (AvgIpc) is 0.883. The quantitative estimate of drug-likeness (QED) is 0.0269. The van der Waals surface area contributed by atoms with Crippen molar-refractivity contribution >= 4 is 130 Å². The first-order valence-corrected chi connectivity index (χ1v) is 36.1. The molecule has 0 aromatic carbocycles. The Morgan fingerprint density at radius 3 is 0.754 bits per heavy atom. The highest BCUT2D eigenvalue weighted by Gasteiger charge is 2.37. The van der Waals surface area contributed by atoms with Crippen LogP contribution in [0.2, 0.25) is 0 Å². The smallest absolute Gasteiger partial charge is 0.303 e. The van der Waals surface area contributed by atoms with E-state index in [4.69, 9.17) is 11.5 Å². The average molecular weight is 1620 g/mol. The molecule has 18 amide bonds. The molecule has 636 valence electrons.